The van der Waals surface area contributed by atoms with Crippen LogP contribution < -0.4 is 9.46 Å². The van der Waals surface area contributed by atoms with Crippen LogP contribution in [0.1, 0.15) is 5.56 Å². The number of halogens is 1. The molecule has 1 saturated heterocycles. The lowest BCUT2D eigenvalue weighted by atomic mass is 9.97. The Balaban J connectivity index is 1.32. The smallest absolute Gasteiger partial charge is 0.262 e. The van der Waals surface area contributed by atoms with Gasteiger partial charge in [-0.05, 0) is 70.8 Å². The summed E-state index contributed by atoms with van der Waals surface area (Å²) in [5.41, 5.74) is 5.89. The molecule has 6 rings (SSSR count). The van der Waals surface area contributed by atoms with Gasteiger partial charge in [0.1, 0.15) is 11.5 Å². The lowest BCUT2D eigenvalue weighted by Crippen LogP contribution is -2.35. The highest BCUT2D eigenvalue weighted by Crippen LogP contribution is 2.34. The van der Waals surface area contributed by atoms with Crippen LogP contribution in [0.3, 0.4) is 0 Å². The van der Waals surface area contributed by atoms with E-state index in [-0.39, 0.29) is 16.5 Å². The molecule has 0 unspecified atom stereocenters. The molecule has 0 atom stereocenters. The molecule has 0 bridgehead atoms. The van der Waals surface area contributed by atoms with Gasteiger partial charge < -0.3 is 9.47 Å². The van der Waals surface area contributed by atoms with Crippen LogP contribution in [-0.4, -0.2) is 56.7 Å². The number of ether oxygens (including phenoxy) is 2. The molecule has 0 spiro atoms. The molecule has 2 aromatic heterocycles. The zero-order valence-electron chi connectivity index (χ0n) is 23.0. The van der Waals surface area contributed by atoms with Gasteiger partial charge in [0.2, 0.25) is 5.88 Å². The number of rotatable bonds is 8. The van der Waals surface area contributed by atoms with E-state index >= 15 is 0 Å². The third kappa shape index (κ3) is 5.96. The number of fused-ring (bicyclic) bond motifs is 1. The highest BCUT2D eigenvalue weighted by atomic mass is 32.2. The van der Waals surface area contributed by atoms with Gasteiger partial charge in [-0.3, -0.25) is 14.6 Å². The molecule has 8 nitrogen and oxygen atoms in total. The summed E-state index contributed by atoms with van der Waals surface area (Å²) in [4.78, 5) is 11.2. The molecule has 0 saturated carbocycles. The highest BCUT2D eigenvalue weighted by Gasteiger charge is 2.19. The van der Waals surface area contributed by atoms with Crippen molar-refractivity contribution >= 4 is 26.6 Å². The summed E-state index contributed by atoms with van der Waals surface area (Å²) in [7, 11) is -2.59. The van der Waals surface area contributed by atoms with Gasteiger partial charge >= 0.3 is 0 Å². The largest absolute Gasteiger partial charge is 0.480 e. The van der Waals surface area contributed by atoms with E-state index in [0.29, 0.717) is 5.56 Å². The van der Waals surface area contributed by atoms with Crippen LogP contribution >= 0.6 is 0 Å². The number of methoxy groups -OCH3 is 1. The number of hydrogen-bond donors (Lipinski definition) is 1. The first-order valence-corrected chi connectivity index (χ1v) is 15.0. The first-order chi connectivity index (χ1) is 20.4. The Labute approximate surface area is 243 Å². The number of nitrogens with zero attached hydrogens (tertiary/aromatic N) is 3. The monoisotopic (exact) mass is 584 g/mol. The van der Waals surface area contributed by atoms with Crippen LogP contribution in [0.25, 0.3) is 33.2 Å². The molecule has 214 valence electrons. The lowest BCUT2D eigenvalue weighted by molar-refractivity contribution is 0.0342. The lowest BCUT2D eigenvalue weighted by Gasteiger charge is -2.26. The third-order valence-electron chi connectivity index (χ3n) is 7.26. The van der Waals surface area contributed by atoms with E-state index in [0.717, 1.165) is 72.6 Å². The van der Waals surface area contributed by atoms with Gasteiger partial charge in [-0.1, -0.05) is 30.3 Å². The molecular formula is C32H29FN4O4S. The van der Waals surface area contributed by atoms with Crippen molar-refractivity contribution in [3.63, 3.8) is 0 Å². The summed E-state index contributed by atoms with van der Waals surface area (Å²) < 4.78 is 52.7. The van der Waals surface area contributed by atoms with Crippen LogP contribution in [0, 0.1) is 5.82 Å². The Morgan fingerprint density at radius 2 is 1.64 bits per heavy atom. The summed E-state index contributed by atoms with van der Waals surface area (Å²) in [5, 5.41) is 0.959. The molecule has 0 aliphatic carbocycles. The van der Waals surface area contributed by atoms with Crippen LogP contribution in [0.5, 0.6) is 5.88 Å². The number of benzene rings is 3. The second-order valence-electron chi connectivity index (χ2n) is 10.0. The van der Waals surface area contributed by atoms with Crippen LogP contribution in [0.4, 0.5) is 10.1 Å². The van der Waals surface area contributed by atoms with Crippen molar-refractivity contribution in [2.75, 3.05) is 38.1 Å². The van der Waals surface area contributed by atoms with E-state index in [1.165, 1.54) is 24.8 Å². The summed E-state index contributed by atoms with van der Waals surface area (Å²) in [6, 6.07) is 22.7. The van der Waals surface area contributed by atoms with Crippen LogP contribution in [0.15, 0.2) is 96.2 Å². The Hall–Kier alpha value is -4.38. The van der Waals surface area contributed by atoms with Gasteiger partial charge in [-0.2, -0.15) is 0 Å². The number of nitrogens with one attached hydrogen (secondary N) is 1. The second kappa shape index (κ2) is 11.8. The van der Waals surface area contributed by atoms with Crippen molar-refractivity contribution in [2.45, 2.75) is 11.4 Å². The average molecular weight is 585 g/mol. The quantitative estimate of drug-likeness (QED) is 0.248. The fourth-order valence-electron chi connectivity index (χ4n) is 5.05. The molecule has 1 aliphatic rings. The van der Waals surface area contributed by atoms with Crippen molar-refractivity contribution in [1.82, 2.24) is 14.9 Å². The number of aromatic nitrogens is 2. The van der Waals surface area contributed by atoms with Crippen molar-refractivity contribution in [3.05, 3.63) is 103 Å². The van der Waals surface area contributed by atoms with Crippen molar-refractivity contribution in [1.29, 1.82) is 0 Å². The molecule has 0 amide bonds. The average Bonchev–Trinajstić information content (AvgIpc) is 3.01. The standard InChI is InChI=1S/C32H29FN4O4S/c1-40-32-31(36-42(38,39)27-9-7-26(33)8-10-27)19-25(20-35-32)24-6-11-30-29(18-24)28(12-13-34-30)23-4-2-22(3-5-23)21-37-14-16-41-17-15-37/h2-13,18-20,36H,14-17,21H2,1H3. The zero-order valence-corrected chi connectivity index (χ0v) is 23.8. The van der Waals surface area contributed by atoms with E-state index in [1.807, 2.05) is 24.3 Å². The van der Waals surface area contributed by atoms with Gasteiger partial charge in [-0.15, -0.1) is 0 Å². The van der Waals surface area contributed by atoms with Crippen LogP contribution in [-0.2, 0) is 21.3 Å². The molecule has 3 heterocycles. The molecule has 3 aromatic carbocycles. The number of hydrogen-bond acceptors (Lipinski definition) is 7. The maximum Gasteiger partial charge on any atom is 0.262 e. The van der Waals surface area contributed by atoms with E-state index in [1.54, 1.807) is 18.5 Å². The number of morpholine rings is 1. The third-order valence-corrected chi connectivity index (χ3v) is 8.64. The summed E-state index contributed by atoms with van der Waals surface area (Å²) in [6.45, 7) is 4.32. The summed E-state index contributed by atoms with van der Waals surface area (Å²) >= 11 is 0. The molecule has 1 fully saturated rings. The van der Waals surface area contributed by atoms with Gasteiger partial charge in [0.25, 0.3) is 10.0 Å². The van der Waals surface area contributed by atoms with Crippen molar-refractivity contribution < 1.29 is 22.3 Å². The van der Waals surface area contributed by atoms with Crippen molar-refractivity contribution in [2.24, 2.45) is 0 Å². The van der Waals surface area contributed by atoms with E-state index < -0.39 is 15.8 Å². The van der Waals surface area contributed by atoms with Crippen molar-refractivity contribution in [3.8, 4) is 28.1 Å². The zero-order chi connectivity index (χ0) is 29.1. The van der Waals surface area contributed by atoms with Gasteiger partial charge in [0.15, 0.2) is 0 Å². The fraction of sp³-hybridized carbons (Fsp3) is 0.188. The molecule has 10 heteroatoms. The van der Waals surface area contributed by atoms with E-state index in [9.17, 15) is 12.8 Å². The molecular weight excluding hydrogens is 555 g/mol. The number of pyridine rings is 2. The maximum absolute atomic E-state index is 13.4. The molecule has 1 aliphatic heterocycles. The minimum atomic E-state index is -4.01. The minimum Gasteiger partial charge on any atom is -0.480 e. The number of anilines is 1. The molecule has 1 N–H and O–H groups in total. The van der Waals surface area contributed by atoms with Gasteiger partial charge in [0.05, 0.1) is 30.7 Å². The number of sulfonamides is 1. The Bertz CT molecular complexity index is 1820. The Morgan fingerprint density at radius 3 is 2.38 bits per heavy atom. The van der Waals surface area contributed by atoms with E-state index in [2.05, 4.69) is 43.9 Å². The maximum atomic E-state index is 13.4. The minimum absolute atomic E-state index is 0.0752. The second-order valence-corrected chi connectivity index (χ2v) is 11.7. The summed E-state index contributed by atoms with van der Waals surface area (Å²) in [5.74, 6) is -0.408. The predicted octanol–water partition coefficient (Wildman–Crippen LogP) is 5.74. The molecule has 5 aromatic rings. The predicted molar refractivity (Wildman–Crippen MR) is 160 cm³/mol. The first kappa shape index (κ1) is 27.8. The summed E-state index contributed by atoms with van der Waals surface area (Å²) in [6.07, 6.45) is 3.43. The first-order valence-electron chi connectivity index (χ1n) is 13.5. The van der Waals surface area contributed by atoms with E-state index in [4.69, 9.17) is 9.47 Å². The van der Waals surface area contributed by atoms with Crippen LogP contribution in [0.2, 0.25) is 0 Å². The topological polar surface area (TPSA) is 93.7 Å². The van der Waals surface area contributed by atoms with Gasteiger partial charge in [-0.25, -0.2) is 17.8 Å². The molecule has 42 heavy (non-hydrogen) atoms. The SMILES string of the molecule is COc1ncc(-c2ccc3nccc(-c4ccc(CN5CCOCC5)cc4)c3c2)cc1NS(=O)(=O)c1ccc(F)cc1. The normalized spacial score (nSPS) is 14.1. The highest BCUT2D eigenvalue weighted by molar-refractivity contribution is 7.92. The Morgan fingerprint density at radius 1 is 0.905 bits per heavy atom. The Kier molecular flexibility index (Phi) is 7.84. The van der Waals surface area contributed by atoms with Gasteiger partial charge in [0, 0.05) is 43.0 Å². The fourth-order valence-corrected chi connectivity index (χ4v) is 6.10. The molecule has 0 radical (unpaired) electrons.